The number of nitrogens with zero attached hydrogens (tertiary/aromatic N) is 1. The second-order valence-electron chi connectivity index (χ2n) is 17.7. The molecule has 2 unspecified atom stereocenters. The number of amides is 10. The van der Waals surface area contributed by atoms with Crippen LogP contribution in [0.3, 0.4) is 0 Å². The summed E-state index contributed by atoms with van der Waals surface area (Å²) in [6, 6.07) is -4.20. The minimum absolute atomic E-state index is 0.0811. The quantitative estimate of drug-likeness (QED) is 0.0974. The Hall–Kier alpha value is -6.31. The van der Waals surface area contributed by atoms with Gasteiger partial charge in [-0.1, -0.05) is 46.6 Å². The van der Waals surface area contributed by atoms with Gasteiger partial charge in [0.25, 0.3) is 0 Å². The lowest BCUT2D eigenvalue weighted by Gasteiger charge is -2.32. The minimum Gasteiger partial charge on any atom is -0.610 e. The second kappa shape index (κ2) is 24.3. The number of aliphatic hydroxyl groups excluding tert-OH is 1. The van der Waals surface area contributed by atoms with E-state index in [4.69, 9.17) is 11.5 Å². The highest BCUT2D eigenvalue weighted by atomic mass is 32.2. The maximum atomic E-state index is 14.9. The molecule has 0 saturated carbocycles. The summed E-state index contributed by atoms with van der Waals surface area (Å²) in [7, 11) is 0. The molecular weight excluding hydrogens is 921 g/mol. The van der Waals surface area contributed by atoms with Crippen molar-refractivity contribution in [1.29, 1.82) is 0 Å². The number of nitrogens with two attached hydrogens (primary N) is 2. The van der Waals surface area contributed by atoms with E-state index in [1.807, 2.05) is 0 Å². The first-order valence-corrected chi connectivity index (χ1v) is 24.4. The maximum absolute atomic E-state index is 14.9. The Bertz CT molecular complexity index is 2290. The molecule has 0 aliphatic carbocycles. The van der Waals surface area contributed by atoms with E-state index in [9.17, 15) is 57.6 Å². The predicted molar refractivity (Wildman–Crippen MR) is 249 cm³/mol. The fourth-order valence-corrected chi connectivity index (χ4v) is 9.69. The smallest absolute Gasteiger partial charge is 0.248 e. The molecule has 2 aromatic rings. The van der Waals surface area contributed by atoms with E-state index in [0.717, 1.165) is 4.90 Å². The van der Waals surface area contributed by atoms with Crippen LogP contribution >= 0.6 is 0 Å². The van der Waals surface area contributed by atoms with Crippen molar-refractivity contribution in [2.75, 3.05) is 37.2 Å². The summed E-state index contributed by atoms with van der Waals surface area (Å²) in [4.78, 5) is 141. The van der Waals surface area contributed by atoms with Crippen LogP contribution in [0.25, 0.3) is 10.9 Å². The monoisotopic (exact) mass is 984 g/mol. The molecule has 1 fully saturated rings. The van der Waals surface area contributed by atoms with Gasteiger partial charge in [-0.2, -0.15) is 0 Å². The van der Waals surface area contributed by atoms with E-state index >= 15 is 0 Å². The normalized spacial score (nSPS) is 26.7. The molecule has 24 nitrogen and oxygen atoms in total. The number of benzene rings is 1. The van der Waals surface area contributed by atoms with Crippen LogP contribution in [0.4, 0.5) is 5.69 Å². The Labute approximate surface area is 401 Å². The predicted octanol–water partition coefficient (Wildman–Crippen LogP) is -3.50. The van der Waals surface area contributed by atoms with Crippen LogP contribution in [0.5, 0.6) is 0 Å². The molecule has 3 aliphatic heterocycles. The molecule has 2 bridgehead atoms. The molecule has 14 N–H and O–H groups in total. The van der Waals surface area contributed by atoms with Crippen LogP contribution in [0.2, 0.25) is 0 Å². The zero-order valence-electron chi connectivity index (χ0n) is 39.1. The highest BCUT2D eigenvalue weighted by molar-refractivity contribution is 7.91. The molecule has 3 aliphatic rings. The van der Waals surface area contributed by atoms with Crippen LogP contribution in [0.15, 0.2) is 23.2 Å². The van der Waals surface area contributed by atoms with Gasteiger partial charge in [0.2, 0.25) is 64.1 Å². The fourth-order valence-electron chi connectivity index (χ4n) is 8.30. The minimum atomic E-state index is -2.33. The lowest BCUT2D eigenvalue weighted by atomic mass is 9.96. The molecule has 0 spiro atoms. The molecular formula is C44H64N12O12S. The van der Waals surface area contributed by atoms with Crippen molar-refractivity contribution in [1.82, 2.24) is 47.1 Å². The van der Waals surface area contributed by atoms with Gasteiger partial charge in [-0.05, 0) is 43.4 Å². The first-order chi connectivity index (χ1) is 32.7. The summed E-state index contributed by atoms with van der Waals surface area (Å²) in [6.07, 6.45) is -1.50. The van der Waals surface area contributed by atoms with E-state index < -0.39 is 157 Å². The summed E-state index contributed by atoms with van der Waals surface area (Å²) in [5.41, 5.74) is 11.8. The average molecular weight is 985 g/mol. The number of rotatable bonds is 11. The summed E-state index contributed by atoms with van der Waals surface area (Å²) in [6.45, 7) is 5.34. The molecule has 1 saturated heterocycles. The van der Waals surface area contributed by atoms with Gasteiger partial charge in [0, 0.05) is 60.0 Å². The number of aromatic amines is 1. The van der Waals surface area contributed by atoms with Crippen molar-refractivity contribution in [3.8, 4) is 0 Å². The number of primary amides is 1. The SMILES string of the molecule is CC[C@H](C)[C@@H]1NC(=O)CNC(=O)[C@@H]2Cc3c([nH]c4cc(NC(=O)CCCN)ccc34)[S+]([O-])C[C@H](NC(=O)CNC1=O)C(=O)NC(CCC(N)=O)C(=O)N1C[C@H](O)C[C@H]1C(=O)N[C@@H]([C@@H](C)CC)C(=O)N2. The van der Waals surface area contributed by atoms with Crippen molar-refractivity contribution >= 4 is 86.8 Å². The number of aromatic nitrogens is 1. The van der Waals surface area contributed by atoms with Crippen LogP contribution in [-0.2, 0) is 65.5 Å². The summed E-state index contributed by atoms with van der Waals surface area (Å²) in [5, 5.41) is 31.8. The Morgan fingerprint density at radius 1 is 0.841 bits per heavy atom. The maximum Gasteiger partial charge on any atom is 0.248 e. The third-order valence-electron chi connectivity index (χ3n) is 12.6. The van der Waals surface area contributed by atoms with Crippen molar-refractivity contribution < 1.29 is 57.6 Å². The van der Waals surface area contributed by atoms with E-state index in [2.05, 4.69) is 47.5 Å². The summed E-state index contributed by atoms with van der Waals surface area (Å²) in [5.74, 6) is -10.1. The standard InChI is InChI=1S/C44H64N12O12S/c1-5-21(3)36-41(65)48-17-34(60)50-30-20-69(68)43-26(25-10-9-23(14-28(25)53-43)49-33(59)8-7-13-45)16-29(38(62)47-18-35(61)54-36)52-42(66)37(22(4)6-2)55-40(64)31-15-24(57)19-56(31)44(67)27(51-39(30)63)11-12-32(46)58/h9-10,14,21-22,24,27,29-31,36-37,53,57H,5-8,11-13,15-20,45H2,1-4H3,(H2,46,58)(H,47,62)(H,48,65)(H,49,59)(H,50,60)(H,51,63)(H,52,66)(H,54,61)(H,55,64)/t21-,22-,24+,27?,29-,30-,31-,36-,37-,69?/m0/s1. The highest BCUT2D eigenvalue weighted by Crippen LogP contribution is 2.31. The third kappa shape index (κ3) is 13.9. The zero-order chi connectivity index (χ0) is 50.7. The number of carbonyl (C=O) groups excluding carboxylic acids is 10. The molecule has 25 heteroatoms. The fraction of sp³-hybridized carbons (Fsp3) is 0.591. The Morgan fingerprint density at radius 2 is 1.49 bits per heavy atom. The number of hydrogen-bond acceptors (Lipinski definition) is 13. The number of carbonyl (C=O) groups is 10. The molecule has 0 radical (unpaired) electrons. The zero-order valence-corrected chi connectivity index (χ0v) is 39.9. The van der Waals surface area contributed by atoms with Crippen LogP contribution in [0, 0.1) is 11.8 Å². The van der Waals surface area contributed by atoms with E-state index in [-0.39, 0.29) is 42.4 Å². The van der Waals surface area contributed by atoms with Gasteiger partial charge in [0.15, 0.2) is 6.04 Å². The molecule has 10 atom stereocenters. The lowest BCUT2D eigenvalue weighted by molar-refractivity contribution is -0.143. The summed E-state index contributed by atoms with van der Waals surface area (Å²) < 4.78 is 14.9. The van der Waals surface area contributed by atoms with Gasteiger partial charge in [-0.15, -0.1) is 0 Å². The molecule has 1 aromatic heterocycles. The molecule has 4 heterocycles. The Balaban J connectivity index is 1.73. The first kappa shape index (κ1) is 53.6. The molecule has 378 valence electrons. The van der Waals surface area contributed by atoms with Crippen molar-refractivity contribution in [2.24, 2.45) is 23.3 Å². The largest absolute Gasteiger partial charge is 0.610 e. The van der Waals surface area contributed by atoms with Gasteiger partial charge >= 0.3 is 0 Å². The topological polar surface area (TPSA) is 381 Å². The van der Waals surface area contributed by atoms with Gasteiger partial charge in [-0.3, -0.25) is 47.9 Å². The van der Waals surface area contributed by atoms with Gasteiger partial charge in [0.05, 0.1) is 24.7 Å². The molecule has 1 aromatic carbocycles. The van der Waals surface area contributed by atoms with E-state index in [1.165, 1.54) is 6.07 Å². The number of anilines is 1. The van der Waals surface area contributed by atoms with Gasteiger partial charge < -0.3 is 73.5 Å². The molecule has 69 heavy (non-hydrogen) atoms. The molecule has 10 amide bonds. The second-order valence-corrected chi connectivity index (χ2v) is 19.2. The van der Waals surface area contributed by atoms with Gasteiger partial charge in [-0.25, -0.2) is 0 Å². The van der Waals surface area contributed by atoms with Crippen LogP contribution in [-0.4, -0.2) is 153 Å². The number of nitrogens with one attached hydrogen (secondary N) is 9. The highest BCUT2D eigenvalue weighted by Gasteiger charge is 2.44. The van der Waals surface area contributed by atoms with Crippen molar-refractivity contribution in [2.45, 2.75) is 126 Å². The Kier molecular flexibility index (Phi) is 18.9. The lowest BCUT2D eigenvalue weighted by Crippen LogP contribution is -2.61. The molecule has 5 rings (SSSR count). The third-order valence-corrected chi connectivity index (χ3v) is 14.0. The number of hydrogen-bond donors (Lipinski definition) is 12. The first-order valence-electron chi connectivity index (χ1n) is 23.1. The van der Waals surface area contributed by atoms with Crippen molar-refractivity contribution in [3.05, 3.63) is 23.8 Å². The van der Waals surface area contributed by atoms with E-state index in [0.29, 0.717) is 35.9 Å². The number of aliphatic hydroxyl groups is 1. The van der Waals surface area contributed by atoms with Gasteiger partial charge in [0.1, 0.15) is 36.0 Å². The Morgan fingerprint density at radius 3 is 2.14 bits per heavy atom. The summed E-state index contributed by atoms with van der Waals surface area (Å²) >= 11 is -2.33. The van der Waals surface area contributed by atoms with Crippen LogP contribution in [0.1, 0.15) is 78.2 Å². The average Bonchev–Trinajstić information content (AvgIpc) is 3.89. The van der Waals surface area contributed by atoms with E-state index in [1.54, 1.807) is 39.8 Å². The van der Waals surface area contributed by atoms with Crippen molar-refractivity contribution in [3.63, 3.8) is 0 Å². The number of fused-ring (bicyclic) bond motifs is 5. The van der Waals surface area contributed by atoms with Crippen LogP contribution < -0.4 is 54.0 Å². The number of H-pyrrole nitrogens is 1.